The van der Waals surface area contributed by atoms with Crippen molar-refractivity contribution in [2.45, 2.75) is 134 Å². The van der Waals surface area contributed by atoms with Gasteiger partial charge in [-0.25, -0.2) is 0 Å². The Hall–Kier alpha value is -5.78. The topological polar surface area (TPSA) is 291 Å². The Kier molecular flexibility index (Phi) is 31.0. The van der Waals surface area contributed by atoms with Crippen molar-refractivity contribution < 1.29 is 87.2 Å². The molecule has 9 fully saturated rings. The molecule has 29 heteroatoms. The first kappa shape index (κ1) is 90.0. The number of carbonyl (C=O) groups excluding carboxylic acids is 3. The van der Waals surface area contributed by atoms with Gasteiger partial charge in [-0.1, -0.05) is 133 Å². The number of ketones is 1. The number of nitrogens with zero attached hydrogens (tertiary/aromatic N) is 3. The Morgan fingerprint density at radius 2 is 0.722 bits per heavy atom. The molecular weight excluding hydrogens is 1790 g/mol. The second kappa shape index (κ2) is 39.6. The Bertz CT molecular complexity index is 4540. The van der Waals surface area contributed by atoms with E-state index in [1.807, 2.05) is 180 Å². The van der Waals surface area contributed by atoms with Crippen LogP contribution in [0.5, 0.6) is 0 Å². The molecule has 612 valence electrons. The number of methoxy groups -OCH3 is 2. The van der Waals surface area contributed by atoms with Gasteiger partial charge in [0, 0.05) is 98.1 Å². The van der Waals surface area contributed by atoms with E-state index >= 15 is 0 Å². The second-order valence-corrected chi connectivity index (χ2v) is 38.1. The van der Waals surface area contributed by atoms with Gasteiger partial charge in [0.15, 0.2) is 5.78 Å². The maximum Gasteiger partial charge on any atom is 0.494 e. The molecule has 17 rings (SSSR count). The van der Waals surface area contributed by atoms with Crippen molar-refractivity contribution in [1.29, 1.82) is 0 Å². The minimum atomic E-state index is -0.861. The monoisotopic (exact) mass is 1880 g/mol. The van der Waals surface area contributed by atoms with Gasteiger partial charge in [0.2, 0.25) is 0 Å². The number of hydrogen-bond donors (Lipinski definition) is 5. The van der Waals surface area contributed by atoms with Crippen LogP contribution in [0.25, 0.3) is 22.3 Å². The van der Waals surface area contributed by atoms with E-state index in [9.17, 15) is 39.6 Å². The number of aliphatic hydroxyl groups is 4. The maximum atomic E-state index is 11.6. The molecule has 6 aliphatic heterocycles. The number of benzene rings is 5. The molecule has 0 unspecified atom stereocenters. The normalized spacial score (nSPS) is 19.7. The third kappa shape index (κ3) is 24.7. The van der Waals surface area contributed by atoms with Gasteiger partial charge in [0.1, 0.15) is 35.6 Å². The summed E-state index contributed by atoms with van der Waals surface area (Å²) in [4.78, 5) is 59.8. The third-order valence-electron chi connectivity index (χ3n) is 21.7. The highest BCUT2D eigenvalue weighted by Crippen LogP contribution is 2.55. The summed E-state index contributed by atoms with van der Waals surface area (Å²) in [7, 11) is 2.54. The smallest absolute Gasteiger partial charge is 0.481 e. The Morgan fingerprint density at radius 3 is 1.01 bits per heavy atom. The van der Waals surface area contributed by atoms with Gasteiger partial charge in [0.25, 0.3) is 0 Å². The lowest BCUT2D eigenvalue weighted by Crippen LogP contribution is -2.46. The van der Waals surface area contributed by atoms with Crippen LogP contribution in [0.4, 0.5) is 0 Å². The lowest BCUT2D eigenvalue weighted by atomic mass is 9.77. The Morgan fingerprint density at radius 1 is 0.426 bits per heavy atom. The van der Waals surface area contributed by atoms with Crippen LogP contribution in [0.15, 0.2) is 209 Å². The van der Waals surface area contributed by atoms with E-state index in [0.29, 0.717) is 78.9 Å². The van der Waals surface area contributed by atoms with Crippen molar-refractivity contribution in [2.75, 3.05) is 97.5 Å². The molecule has 9 heterocycles. The van der Waals surface area contributed by atoms with E-state index in [1.54, 1.807) is 60.1 Å². The average Bonchev–Trinajstić information content (AvgIpc) is 1.70. The van der Waals surface area contributed by atoms with E-state index < -0.39 is 28.4 Å². The maximum absolute atomic E-state index is 11.6. The largest absolute Gasteiger partial charge is 0.494 e. The average molecular weight is 1890 g/mol. The molecule has 0 spiro atoms. The first-order valence-electron chi connectivity index (χ1n) is 37.7. The number of carboxylic acids is 1. The van der Waals surface area contributed by atoms with Crippen LogP contribution < -0.4 is 5.46 Å². The lowest BCUT2D eigenvalue weighted by molar-refractivity contribution is -0.184. The van der Waals surface area contributed by atoms with Crippen LogP contribution in [0.3, 0.4) is 0 Å². The van der Waals surface area contributed by atoms with Gasteiger partial charge in [-0.15, -0.1) is 35.3 Å². The van der Waals surface area contributed by atoms with Crippen molar-refractivity contribution in [2.24, 2.45) is 16.2 Å². The lowest BCUT2D eigenvalue weighted by Gasteiger charge is -2.36. The van der Waals surface area contributed by atoms with E-state index in [2.05, 4.69) is 83.4 Å². The van der Waals surface area contributed by atoms with Gasteiger partial charge < -0.3 is 68.0 Å². The third-order valence-corrected chi connectivity index (χ3v) is 28.4. The van der Waals surface area contributed by atoms with Crippen LogP contribution >= 0.6 is 99.0 Å². The molecule has 3 aromatic heterocycles. The highest BCUT2D eigenvalue weighted by atomic mass is 79.9. The molecule has 5 N–H and O–H groups in total. The van der Waals surface area contributed by atoms with Crippen LogP contribution in [-0.2, 0) is 84.0 Å². The molecule has 9 aliphatic rings. The first-order chi connectivity index (χ1) is 54.8. The molecule has 0 bridgehead atoms. The number of ether oxygens (including phenoxy) is 7. The number of rotatable bonds is 22. The predicted molar refractivity (Wildman–Crippen MR) is 457 cm³/mol. The number of Topliss-reactive ketones (excluding diaryl/α,β-unsaturated/α-hetero) is 1. The van der Waals surface area contributed by atoms with Gasteiger partial charge in [-0.3, -0.25) is 34.1 Å². The van der Waals surface area contributed by atoms with E-state index in [4.69, 9.17) is 42.8 Å². The zero-order chi connectivity index (χ0) is 82.3. The number of halogens is 4. The number of aromatic nitrogens is 3. The summed E-state index contributed by atoms with van der Waals surface area (Å²) in [6.45, 7) is 11.8. The molecule has 5 aromatic carbocycles. The van der Waals surface area contributed by atoms with Crippen LogP contribution in [-0.4, -0.2) is 180 Å². The minimum absolute atomic E-state index is 0.0472. The summed E-state index contributed by atoms with van der Waals surface area (Å²) < 4.78 is 50.6. The fourth-order valence-electron chi connectivity index (χ4n) is 12.4. The van der Waals surface area contributed by atoms with E-state index in [-0.39, 0.29) is 58.7 Å². The first-order valence-corrected chi connectivity index (χ1v) is 43.8. The van der Waals surface area contributed by atoms with Crippen molar-refractivity contribution in [3.8, 4) is 22.3 Å². The number of carboxylic acid groups (broad SMARTS) is 1. The Balaban J connectivity index is 0.000000138. The number of aliphatic carboxylic acids is 1. The van der Waals surface area contributed by atoms with E-state index in [1.165, 1.54) is 19.1 Å². The fourth-order valence-corrected chi connectivity index (χ4v) is 17.7. The molecule has 0 atom stereocenters. The molecule has 3 saturated carbocycles. The quantitative estimate of drug-likeness (QED) is 0.0239. The van der Waals surface area contributed by atoms with Crippen molar-refractivity contribution in [1.82, 2.24) is 15.0 Å². The second-order valence-electron chi connectivity index (χ2n) is 31.4. The van der Waals surface area contributed by atoms with Crippen molar-refractivity contribution in [3.63, 3.8) is 0 Å². The number of hydrogen-bond acceptors (Lipinski definition) is 23. The highest BCUT2D eigenvalue weighted by molar-refractivity contribution is 9.11. The summed E-state index contributed by atoms with van der Waals surface area (Å²) in [5.74, 6) is 1.94. The van der Waals surface area contributed by atoms with E-state index in [0.717, 1.165) is 133 Å². The standard InChI is InChI=1S/C21H23NO4S.C20H21NO4S.C15H21BO4.C12H14BrNO2S.C9H9BrO2.C6H4Br2.C3H4O2/c1-25-19(23)10-20(7-8-20)14-27-18-6-9-22-11-17(18)15-2-4-16(5-3-15)21(24)12-26-13-21;22-18(23)9-19(6-7-19)13-26-17-5-8-21-10-16(17)14-1-3-15(4-2-14)20(24)11-25-12-20;1-13(2)14(3,4)20-16(19-13)12-7-5-11(6-8-12)15(17)9-18-10-15;1-16-11(15)6-12(3-4-12)8-17-10-2-5-14-7-9(10)13;10-8-3-1-7(2-4-8)9(11)5-12-6-9;7-5-1-2-6(8)4-3-5;4-3-1-5-2-3/h2-6,9,11,24H,7-8,10,12-14H2,1H3;1-5,8,10,24H,6-7,9,11-13H2,(H,22,23);5-8,17H,9-10H2,1-4H3;2,5,7H,3-4,6,8H2,1H3;1-4,11H,5-6H2;1-4H;1-2H2. The van der Waals surface area contributed by atoms with Gasteiger partial charge in [-0.2, -0.15) is 0 Å². The van der Waals surface area contributed by atoms with Crippen molar-refractivity contribution in [3.05, 3.63) is 217 Å². The zero-order valence-electron chi connectivity index (χ0n) is 65.0. The molecular formula is C86H96BBr4N3O18S3. The van der Waals surface area contributed by atoms with Crippen LogP contribution in [0, 0.1) is 16.2 Å². The number of pyridine rings is 3. The summed E-state index contributed by atoms with van der Waals surface area (Å²) >= 11 is 18.7. The molecule has 8 aromatic rings. The van der Waals surface area contributed by atoms with Gasteiger partial charge in [0.05, 0.1) is 97.5 Å². The minimum Gasteiger partial charge on any atom is -0.481 e. The molecule has 0 radical (unpaired) electrons. The SMILES string of the molecule is Brc1ccc(Br)cc1.CC1(C)OB(c2ccc(C3(O)COC3)cc2)OC1(C)C.COC(=O)CC1(CSc2ccncc2-c2ccc(C3(O)COC3)cc2)CC1.COC(=O)CC1(CSc2ccncc2Br)CC1.O=C(O)CC1(CSc2ccncc2-c2ccc(C3(O)COC3)cc2)CC1.O=C1COC1.OC1(c2ccc(Br)cc2)COC1. The van der Waals surface area contributed by atoms with Crippen LogP contribution in [0.1, 0.15) is 108 Å². The number of thioether (sulfide) groups is 3. The molecule has 6 saturated heterocycles. The summed E-state index contributed by atoms with van der Waals surface area (Å²) in [5, 5.41) is 49.9. The van der Waals surface area contributed by atoms with Gasteiger partial charge in [-0.05, 0) is 192 Å². The van der Waals surface area contributed by atoms with Crippen LogP contribution in [0.2, 0.25) is 0 Å². The Labute approximate surface area is 718 Å². The fraction of sp³-hybridized carbons (Fsp3) is 0.430. The molecule has 0 amide bonds. The molecule has 115 heavy (non-hydrogen) atoms. The molecule has 3 aliphatic carbocycles. The molecule has 21 nitrogen and oxygen atoms in total. The van der Waals surface area contributed by atoms with Gasteiger partial charge >= 0.3 is 25.0 Å². The zero-order valence-corrected chi connectivity index (χ0v) is 73.8. The predicted octanol–water partition coefficient (Wildman–Crippen LogP) is 15.7. The highest BCUT2D eigenvalue weighted by Gasteiger charge is 2.53. The summed E-state index contributed by atoms with van der Waals surface area (Å²) in [5.41, 5.74) is 4.98. The number of esters is 2. The number of carbonyl (C=O) groups is 4. The summed E-state index contributed by atoms with van der Waals surface area (Å²) in [6, 6.07) is 45.2. The van der Waals surface area contributed by atoms with Crippen molar-refractivity contribution >= 4 is 135 Å². The summed E-state index contributed by atoms with van der Waals surface area (Å²) in [6.07, 6.45) is 18.5.